The molecule has 1 N–H and O–H groups in total. The molecule has 176 valence electrons. The molecule has 1 heteroatoms. The zero-order chi connectivity index (χ0) is 22.7. The lowest BCUT2D eigenvalue weighted by atomic mass is 9.33. The van der Waals surface area contributed by atoms with E-state index in [4.69, 9.17) is 0 Å². The molecule has 0 unspecified atom stereocenters. The lowest BCUT2D eigenvalue weighted by molar-refractivity contribution is -0.207. The Bertz CT molecular complexity index is 790. The number of rotatable bonds is 0. The zero-order valence-electron chi connectivity index (χ0n) is 21.9. The fraction of sp³-hybridized carbons (Fsp3) is 0.933. The molecular weight excluding hydrogens is 376 g/mol. The molecule has 0 amide bonds. The summed E-state index contributed by atoms with van der Waals surface area (Å²) in [5.74, 6) is 2.58. The van der Waals surface area contributed by atoms with Crippen molar-refractivity contribution in [3.63, 3.8) is 0 Å². The van der Waals surface area contributed by atoms with Gasteiger partial charge in [0.2, 0.25) is 0 Å². The van der Waals surface area contributed by atoms with Crippen LogP contribution in [0.3, 0.4) is 0 Å². The first-order valence-corrected chi connectivity index (χ1v) is 13.6. The number of fused-ring (bicyclic) bond motifs is 7. The number of allylic oxidation sites excluding steroid dienone is 1. The third-order valence-electron chi connectivity index (χ3n) is 13.0. The molecule has 4 fully saturated rings. The van der Waals surface area contributed by atoms with E-state index >= 15 is 0 Å². The van der Waals surface area contributed by atoms with E-state index in [0.29, 0.717) is 21.7 Å². The van der Waals surface area contributed by atoms with Crippen molar-refractivity contribution in [1.82, 2.24) is 0 Å². The molecule has 0 aliphatic heterocycles. The zero-order valence-corrected chi connectivity index (χ0v) is 21.9. The van der Waals surface area contributed by atoms with Crippen LogP contribution in [0.25, 0.3) is 0 Å². The van der Waals surface area contributed by atoms with Crippen LogP contribution in [0.1, 0.15) is 120 Å². The van der Waals surface area contributed by atoms with Gasteiger partial charge in [-0.05, 0) is 109 Å². The van der Waals surface area contributed by atoms with Crippen molar-refractivity contribution < 1.29 is 5.11 Å². The number of hydrogen-bond acceptors (Lipinski definition) is 1. The molecule has 0 aromatic heterocycles. The molecule has 0 heterocycles. The van der Waals surface area contributed by atoms with E-state index < -0.39 is 0 Å². The van der Waals surface area contributed by atoms with E-state index in [1.165, 1.54) is 57.8 Å². The van der Waals surface area contributed by atoms with Gasteiger partial charge in [0.1, 0.15) is 0 Å². The summed E-state index contributed by atoms with van der Waals surface area (Å²) in [4.78, 5) is 0. The molecule has 0 aromatic rings. The fourth-order valence-corrected chi connectivity index (χ4v) is 10.6. The van der Waals surface area contributed by atoms with Crippen LogP contribution < -0.4 is 0 Å². The third-order valence-corrected chi connectivity index (χ3v) is 13.0. The summed E-state index contributed by atoms with van der Waals surface area (Å²) in [6.45, 7) is 20.4. The van der Waals surface area contributed by atoms with E-state index in [1.807, 2.05) is 0 Å². The Morgan fingerprint density at radius 3 is 2.13 bits per heavy atom. The van der Waals surface area contributed by atoms with Gasteiger partial charge >= 0.3 is 0 Å². The molecule has 0 bridgehead atoms. The van der Waals surface area contributed by atoms with Gasteiger partial charge in [0.15, 0.2) is 0 Å². The first kappa shape index (κ1) is 22.5. The Labute approximate surface area is 192 Å². The molecular formula is C30H50O. The molecule has 0 aromatic carbocycles. The minimum absolute atomic E-state index is 0.0649. The van der Waals surface area contributed by atoms with Crippen LogP contribution in [0.2, 0.25) is 0 Å². The Kier molecular flexibility index (Phi) is 4.66. The quantitative estimate of drug-likeness (QED) is 0.387. The van der Waals surface area contributed by atoms with Gasteiger partial charge in [0.05, 0.1) is 6.10 Å². The monoisotopic (exact) mass is 426 g/mol. The molecule has 0 spiro atoms. The summed E-state index contributed by atoms with van der Waals surface area (Å²) in [6.07, 6.45) is 15.9. The average molecular weight is 427 g/mol. The van der Waals surface area contributed by atoms with Gasteiger partial charge in [0, 0.05) is 5.41 Å². The van der Waals surface area contributed by atoms with E-state index in [9.17, 15) is 5.11 Å². The maximum Gasteiger partial charge on any atom is 0.0628 e. The molecule has 1 nitrogen and oxygen atoms in total. The lowest BCUT2D eigenvalue weighted by Crippen LogP contribution is -2.64. The van der Waals surface area contributed by atoms with Gasteiger partial charge in [-0.25, -0.2) is 0 Å². The Balaban J connectivity index is 1.56. The van der Waals surface area contributed by atoms with E-state index in [2.05, 4.69) is 61.5 Å². The predicted octanol–water partition coefficient (Wildman–Crippen LogP) is 8.17. The third kappa shape index (κ3) is 2.77. The second kappa shape index (κ2) is 6.43. The number of aliphatic hydroxyl groups excluding tert-OH is 1. The highest BCUT2D eigenvalue weighted by atomic mass is 16.3. The molecule has 0 saturated heterocycles. The van der Waals surface area contributed by atoms with Crippen LogP contribution in [-0.2, 0) is 0 Å². The van der Waals surface area contributed by atoms with Crippen LogP contribution in [0.15, 0.2) is 11.6 Å². The van der Waals surface area contributed by atoms with Crippen LogP contribution in [-0.4, -0.2) is 11.2 Å². The lowest BCUT2D eigenvalue weighted by Gasteiger charge is -2.72. The second-order valence-electron chi connectivity index (χ2n) is 15.2. The van der Waals surface area contributed by atoms with Crippen LogP contribution in [0.5, 0.6) is 0 Å². The standard InChI is InChI=1S/C30H50O/c1-25(2)15-16-27(5)17-18-29(7)20(21(27)19-25)9-10-23-28(6)13-12-24(31)26(3,4)22(28)11-14-30(23,29)8/h11,20-21,23-24,31H,9-10,12-19H2,1-8H3/t20-,21+,23-,24-,27-,28+,29-,30-/m1/s1. The minimum atomic E-state index is -0.178. The summed E-state index contributed by atoms with van der Waals surface area (Å²) >= 11 is 0. The van der Waals surface area contributed by atoms with Crippen LogP contribution >= 0.6 is 0 Å². The van der Waals surface area contributed by atoms with Crippen molar-refractivity contribution in [2.24, 2.45) is 50.2 Å². The first-order chi connectivity index (χ1) is 14.2. The Morgan fingerprint density at radius 1 is 0.742 bits per heavy atom. The second-order valence-corrected chi connectivity index (χ2v) is 15.2. The molecule has 5 aliphatic rings. The Morgan fingerprint density at radius 2 is 1.42 bits per heavy atom. The molecule has 31 heavy (non-hydrogen) atoms. The fourth-order valence-electron chi connectivity index (χ4n) is 10.6. The van der Waals surface area contributed by atoms with Crippen LogP contribution in [0.4, 0.5) is 0 Å². The SMILES string of the molecule is CC1(C)CC[C@]2(C)CC[C@]3(C)[C@H](CC[C@@H]4[C@@]5(C)CC[C@@H](O)C(C)(C)C5=CC[C@]43C)[C@@H]2C1. The van der Waals surface area contributed by atoms with Gasteiger partial charge in [-0.15, -0.1) is 0 Å². The maximum absolute atomic E-state index is 10.9. The van der Waals surface area contributed by atoms with E-state index in [-0.39, 0.29) is 16.9 Å². The molecule has 8 atom stereocenters. The van der Waals surface area contributed by atoms with E-state index in [1.54, 1.807) is 5.57 Å². The molecule has 4 saturated carbocycles. The van der Waals surface area contributed by atoms with Crippen molar-refractivity contribution in [3.05, 3.63) is 11.6 Å². The predicted molar refractivity (Wildman–Crippen MR) is 131 cm³/mol. The topological polar surface area (TPSA) is 20.2 Å². The summed E-state index contributed by atoms with van der Waals surface area (Å²) < 4.78 is 0. The molecule has 0 radical (unpaired) electrons. The molecule has 5 rings (SSSR count). The van der Waals surface area contributed by atoms with Crippen molar-refractivity contribution in [3.8, 4) is 0 Å². The van der Waals surface area contributed by atoms with Gasteiger partial charge < -0.3 is 5.11 Å². The van der Waals surface area contributed by atoms with Gasteiger partial charge in [-0.2, -0.15) is 0 Å². The highest BCUT2D eigenvalue weighted by Gasteiger charge is 2.67. The molecule has 5 aliphatic carbocycles. The van der Waals surface area contributed by atoms with Crippen molar-refractivity contribution >= 4 is 0 Å². The largest absolute Gasteiger partial charge is 0.392 e. The number of aliphatic hydroxyl groups is 1. The summed E-state index contributed by atoms with van der Waals surface area (Å²) in [5, 5.41) is 10.9. The average Bonchev–Trinajstić information content (AvgIpc) is 2.67. The Hall–Kier alpha value is -0.300. The van der Waals surface area contributed by atoms with E-state index in [0.717, 1.165) is 24.2 Å². The van der Waals surface area contributed by atoms with Crippen molar-refractivity contribution in [2.45, 2.75) is 126 Å². The maximum atomic E-state index is 10.9. The first-order valence-electron chi connectivity index (χ1n) is 13.6. The van der Waals surface area contributed by atoms with Gasteiger partial charge in [-0.3, -0.25) is 0 Å². The van der Waals surface area contributed by atoms with Gasteiger partial charge in [-0.1, -0.05) is 67.0 Å². The summed E-state index contributed by atoms with van der Waals surface area (Å²) in [7, 11) is 0. The van der Waals surface area contributed by atoms with Crippen molar-refractivity contribution in [1.29, 1.82) is 0 Å². The van der Waals surface area contributed by atoms with Crippen LogP contribution in [0, 0.1) is 50.2 Å². The highest BCUT2D eigenvalue weighted by molar-refractivity contribution is 5.33. The number of hydrogen-bond donors (Lipinski definition) is 1. The summed E-state index contributed by atoms with van der Waals surface area (Å²) in [5.41, 5.74) is 3.77. The normalized spacial score (nSPS) is 55.2. The van der Waals surface area contributed by atoms with Crippen molar-refractivity contribution in [2.75, 3.05) is 0 Å². The minimum Gasteiger partial charge on any atom is -0.392 e. The van der Waals surface area contributed by atoms with Gasteiger partial charge in [0.25, 0.3) is 0 Å². The summed E-state index contributed by atoms with van der Waals surface area (Å²) in [6, 6.07) is 0. The highest BCUT2D eigenvalue weighted by Crippen LogP contribution is 2.75. The smallest absolute Gasteiger partial charge is 0.0628 e.